The fraction of sp³-hybridized carbons (Fsp3) is 0.269. The van der Waals surface area contributed by atoms with Gasteiger partial charge in [0.25, 0.3) is 5.91 Å². The summed E-state index contributed by atoms with van der Waals surface area (Å²) >= 11 is 0. The van der Waals surface area contributed by atoms with Crippen molar-refractivity contribution in [1.29, 1.82) is 0 Å². The Balaban J connectivity index is 1.82. The SMILES string of the molecule is CS(=O)(=O)CC[C@H](NC(=O)c1cc(/C=C/Cn2ccnc2)ccc1CCc1ccc(F)cc1)C(=O)O. The summed E-state index contributed by atoms with van der Waals surface area (Å²) in [5.74, 6) is -2.61. The van der Waals surface area contributed by atoms with E-state index in [0.29, 0.717) is 30.5 Å². The van der Waals surface area contributed by atoms with Crippen molar-refractivity contribution in [3.05, 3.63) is 95.3 Å². The van der Waals surface area contributed by atoms with Gasteiger partial charge in [0.1, 0.15) is 21.7 Å². The van der Waals surface area contributed by atoms with E-state index in [-0.39, 0.29) is 18.0 Å². The van der Waals surface area contributed by atoms with E-state index in [2.05, 4.69) is 10.3 Å². The Kier molecular flexibility index (Phi) is 9.13. The normalized spacial score (nSPS) is 12.5. The summed E-state index contributed by atoms with van der Waals surface area (Å²) in [4.78, 5) is 28.8. The number of sulfone groups is 1. The van der Waals surface area contributed by atoms with E-state index < -0.39 is 27.8 Å². The molecule has 2 N–H and O–H groups in total. The van der Waals surface area contributed by atoms with Gasteiger partial charge in [-0.1, -0.05) is 36.4 Å². The van der Waals surface area contributed by atoms with Crippen LogP contribution in [0.4, 0.5) is 4.39 Å². The maximum Gasteiger partial charge on any atom is 0.326 e. The third kappa shape index (κ3) is 8.46. The van der Waals surface area contributed by atoms with Gasteiger partial charge in [-0.05, 0) is 54.2 Å². The number of carboxylic acids is 1. The molecule has 190 valence electrons. The van der Waals surface area contributed by atoms with Crippen LogP contribution in [0.5, 0.6) is 0 Å². The fourth-order valence-electron chi connectivity index (χ4n) is 3.59. The molecule has 8 nitrogen and oxygen atoms in total. The van der Waals surface area contributed by atoms with E-state index in [4.69, 9.17) is 0 Å². The largest absolute Gasteiger partial charge is 0.480 e. The first-order valence-corrected chi connectivity index (χ1v) is 13.4. The first-order chi connectivity index (χ1) is 17.1. The monoisotopic (exact) mass is 513 g/mol. The summed E-state index contributed by atoms with van der Waals surface area (Å²) in [6, 6.07) is 10.1. The van der Waals surface area contributed by atoms with Crippen molar-refractivity contribution < 1.29 is 27.5 Å². The zero-order valence-electron chi connectivity index (χ0n) is 19.8. The zero-order chi connectivity index (χ0) is 26.1. The van der Waals surface area contributed by atoms with Gasteiger partial charge in [-0.15, -0.1) is 0 Å². The second-order valence-corrected chi connectivity index (χ2v) is 10.7. The lowest BCUT2D eigenvalue weighted by Crippen LogP contribution is -2.42. The van der Waals surface area contributed by atoms with Gasteiger partial charge in [0, 0.05) is 30.8 Å². The van der Waals surface area contributed by atoms with E-state index in [0.717, 1.165) is 17.4 Å². The molecule has 1 atom stereocenters. The van der Waals surface area contributed by atoms with Crippen LogP contribution in [0.1, 0.15) is 33.5 Å². The fourth-order valence-corrected chi connectivity index (χ4v) is 4.25. The predicted octanol–water partition coefficient (Wildman–Crippen LogP) is 3.14. The molecule has 1 heterocycles. The van der Waals surface area contributed by atoms with Crippen molar-refractivity contribution in [2.45, 2.75) is 31.8 Å². The Labute approximate surface area is 209 Å². The Bertz CT molecular complexity index is 1320. The molecule has 0 aliphatic rings. The lowest BCUT2D eigenvalue weighted by Gasteiger charge is -2.16. The number of hydrogen-bond donors (Lipinski definition) is 2. The molecular formula is C26H28FN3O5S. The van der Waals surface area contributed by atoms with Crippen molar-refractivity contribution in [3.8, 4) is 0 Å². The van der Waals surface area contributed by atoms with Gasteiger partial charge in [-0.25, -0.2) is 22.6 Å². The van der Waals surface area contributed by atoms with Gasteiger partial charge < -0.3 is 15.0 Å². The van der Waals surface area contributed by atoms with E-state index in [1.807, 2.05) is 35.0 Å². The van der Waals surface area contributed by atoms with Crippen molar-refractivity contribution in [1.82, 2.24) is 14.9 Å². The molecule has 0 saturated heterocycles. The summed E-state index contributed by atoms with van der Waals surface area (Å²) in [5, 5.41) is 12.0. The second-order valence-electron chi connectivity index (χ2n) is 8.49. The van der Waals surface area contributed by atoms with Crippen LogP contribution in [0.3, 0.4) is 0 Å². The number of rotatable bonds is 12. The highest BCUT2D eigenvalue weighted by Crippen LogP contribution is 2.18. The molecule has 36 heavy (non-hydrogen) atoms. The third-order valence-corrected chi connectivity index (χ3v) is 6.52. The molecule has 0 aliphatic carbocycles. The third-order valence-electron chi connectivity index (χ3n) is 5.54. The predicted molar refractivity (Wildman–Crippen MR) is 135 cm³/mol. The van der Waals surface area contributed by atoms with Gasteiger partial charge in [0.05, 0.1) is 12.1 Å². The van der Waals surface area contributed by atoms with Crippen LogP contribution in [-0.2, 0) is 34.0 Å². The Morgan fingerprint density at radius 1 is 1.17 bits per heavy atom. The average Bonchev–Trinajstić information content (AvgIpc) is 3.34. The Hall–Kier alpha value is -3.79. The molecular weight excluding hydrogens is 485 g/mol. The number of nitrogens with zero attached hydrogens (tertiary/aromatic N) is 2. The highest BCUT2D eigenvalue weighted by molar-refractivity contribution is 7.90. The molecule has 0 unspecified atom stereocenters. The molecule has 0 bridgehead atoms. The van der Waals surface area contributed by atoms with Crippen LogP contribution in [0.25, 0.3) is 6.08 Å². The number of benzene rings is 2. The highest BCUT2D eigenvalue weighted by Gasteiger charge is 2.23. The molecule has 1 aromatic heterocycles. The van der Waals surface area contributed by atoms with Gasteiger partial charge >= 0.3 is 5.97 Å². The molecule has 0 radical (unpaired) electrons. The van der Waals surface area contributed by atoms with Crippen LogP contribution in [0, 0.1) is 5.82 Å². The lowest BCUT2D eigenvalue weighted by atomic mass is 9.96. The van der Waals surface area contributed by atoms with E-state index in [1.165, 1.54) is 12.1 Å². The maximum atomic E-state index is 13.2. The maximum absolute atomic E-state index is 13.2. The molecule has 3 rings (SSSR count). The molecule has 2 aromatic carbocycles. The minimum Gasteiger partial charge on any atom is -0.480 e. The van der Waals surface area contributed by atoms with Gasteiger partial charge in [-0.2, -0.15) is 0 Å². The number of carboxylic acid groups (broad SMARTS) is 1. The molecule has 0 aliphatic heterocycles. The van der Waals surface area contributed by atoms with Gasteiger partial charge in [0.2, 0.25) is 0 Å². The number of amides is 1. The second kappa shape index (κ2) is 12.3. The van der Waals surface area contributed by atoms with Crippen LogP contribution in [0.2, 0.25) is 0 Å². The smallest absolute Gasteiger partial charge is 0.326 e. The van der Waals surface area contributed by atoms with Crippen LogP contribution < -0.4 is 5.32 Å². The number of carbonyl (C=O) groups excluding carboxylic acids is 1. The van der Waals surface area contributed by atoms with E-state index in [1.54, 1.807) is 30.7 Å². The molecule has 3 aromatic rings. The first-order valence-electron chi connectivity index (χ1n) is 11.3. The number of nitrogens with one attached hydrogen (secondary N) is 1. The van der Waals surface area contributed by atoms with Crippen molar-refractivity contribution in [2.75, 3.05) is 12.0 Å². The Morgan fingerprint density at radius 3 is 2.56 bits per heavy atom. The van der Waals surface area contributed by atoms with E-state index >= 15 is 0 Å². The summed E-state index contributed by atoms with van der Waals surface area (Å²) < 4.78 is 38.1. The molecule has 0 saturated carbocycles. The average molecular weight is 514 g/mol. The molecule has 1 amide bonds. The van der Waals surface area contributed by atoms with Crippen LogP contribution in [-0.4, -0.2) is 53.0 Å². The van der Waals surface area contributed by atoms with Gasteiger partial charge in [-0.3, -0.25) is 4.79 Å². The molecule has 0 fully saturated rings. The number of aryl methyl sites for hydroxylation is 2. The van der Waals surface area contributed by atoms with Crippen LogP contribution in [0.15, 0.2) is 67.3 Å². The number of carbonyl (C=O) groups is 2. The summed E-state index contributed by atoms with van der Waals surface area (Å²) in [6.45, 7) is 0.584. The number of halogens is 1. The summed E-state index contributed by atoms with van der Waals surface area (Å²) in [6.07, 6.45) is 10.7. The topological polar surface area (TPSA) is 118 Å². The minimum atomic E-state index is -3.40. The number of imidazole rings is 1. The zero-order valence-corrected chi connectivity index (χ0v) is 20.6. The Morgan fingerprint density at radius 2 is 1.92 bits per heavy atom. The van der Waals surface area contributed by atoms with Crippen molar-refractivity contribution in [3.63, 3.8) is 0 Å². The van der Waals surface area contributed by atoms with Gasteiger partial charge in [0.15, 0.2) is 0 Å². The number of aromatic nitrogens is 2. The van der Waals surface area contributed by atoms with Crippen molar-refractivity contribution in [2.24, 2.45) is 0 Å². The number of allylic oxidation sites excluding steroid dienone is 1. The minimum absolute atomic E-state index is 0.241. The molecule has 10 heteroatoms. The highest BCUT2D eigenvalue weighted by atomic mass is 32.2. The lowest BCUT2D eigenvalue weighted by molar-refractivity contribution is -0.139. The van der Waals surface area contributed by atoms with E-state index in [9.17, 15) is 27.5 Å². The summed E-state index contributed by atoms with van der Waals surface area (Å²) in [5.41, 5.74) is 2.63. The van der Waals surface area contributed by atoms with Crippen LogP contribution >= 0.6 is 0 Å². The summed E-state index contributed by atoms with van der Waals surface area (Å²) in [7, 11) is -3.40. The number of hydrogen-bond acceptors (Lipinski definition) is 5. The molecule has 0 spiro atoms. The first kappa shape index (κ1) is 26.8. The quantitative estimate of drug-likeness (QED) is 0.384. The number of aliphatic carboxylic acids is 1. The van der Waals surface area contributed by atoms with Crippen molar-refractivity contribution >= 4 is 27.8 Å². The standard InChI is InChI=1S/C26H28FN3O5S/c1-36(34,35)16-12-24(26(32)33)29-25(31)23-17-20(3-2-14-30-15-13-28-18-30)5-9-21(23)8-4-19-6-10-22(27)11-7-19/h2-3,5-7,9-11,13,15,17-18,24H,4,8,12,14,16H2,1H3,(H,29,31)(H,32,33)/b3-2+/t24-/m0/s1.